The maximum atomic E-state index is 12.6. The molecule has 0 saturated carbocycles. The molecule has 0 saturated heterocycles. The molecule has 9 heteroatoms. The highest BCUT2D eigenvalue weighted by Gasteiger charge is 2.24. The number of carbonyl (C=O) groups excluding carboxylic acids is 1. The number of likely N-dealkylation sites (N-methyl/N-ethyl adjacent to an activating group) is 1. The molecule has 0 radical (unpaired) electrons. The second-order valence-corrected chi connectivity index (χ2v) is 7.12. The Balaban J connectivity index is 2.92. The third-order valence-electron chi connectivity index (χ3n) is 3.22. The Kier molecular flexibility index (Phi) is 8.67. The van der Waals surface area contributed by atoms with Crippen molar-refractivity contribution < 1.29 is 27.4 Å². The summed E-state index contributed by atoms with van der Waals surface area (Å²) in [6.45, 7) is 4.83. The average Bonchev–Trinajstić information content (AvgIpc) is 2.57. The van der Waals surface area contributed by atoms with E-state index in [9.17, 15) is 13.2 Å². The summed E-state index contributed by atoms with van der Waals surface area (Å²) in [5.74, 6) is 0.422. The van der Waals surface area contributed by atoms with E-state index in [1.165, 1.54) is 26.3 Å². The molecule has 1 aromatic carbocycles. The van der Waals surface area contributed by atoms with Crippen LogP contribution in [0, 0.1) is 0 Å². The lowest BCUT2D eigenvalue weighted by Gasteiger charge is -2.18. The zero-order valence-electron chi connectivity index (χ0n) is 15.1. The Morgan fingerprint density at radius 3 is 2.40 bits per heavy atom. The molecule has 0 aliphatic heterocycles. The number of carbonyl (C=O) groups is 1. The first-order valence-corrected chi connectivity index (χ1v) is 9.42. The highest BCUT2D eigenvalue weighted by molar-refractivity contribution is 7.89. The van der Waals surface area contributed by atoms with Crippen molar-refractivity contribution in [1.29, 1.82) is 0 Å². The Hall–Kier alpha value is -1.84. The van der Waals surface area contributed by atoms with Crippen LogP contribution in [0.4, 0.5) is 0 Å². The van der Waals surface area contributed by atoms with E-state index in [2.05, 4.69) is 5.32 Å². The third-order valence-corrected chi connectivity index (χ3v) is 5.02. The Labute approximate surface area is 149 Å². The number of rotatable bonds is 11. The van der Waals surface area contributed by atoms with Gasteiger partial charge in [0, 0.05) is 26.8 Å². The van der Waals surface area contributed by atoms with Crippen molar-refractivity contribution in [3.05, 3.63) is 18.2 Å². The number of nitrogens with one attached hydrogen (secondary N) is 1. The van der Waals surface area contributed by atoms with E-state index in [-0.39, 0.29) is 11.4 Å². The molecule has 0 bridgehead atoms. The number of methoxy groups -OCH3 is 1. The molecule has 1 rings (SSSR count). The Bertz CT molecular complexity index is 663. The van der Waals surface area contributed by atoms with Crippen molar-refractivity contribution in [2.24, 2.45) is 0 Å². The van der Waals surface area contributed by atoms with Crippen LogP contribution in [0.5, 0.6) is 11.5 Å². The molecule has 0 aliphatic carbocycles. The summed E-state index contributed by atoms with van der Waals surface area (Å²) in [4.78, 5) is 11.8. The van der Waals surface area contributed by atoms with Gasteiger partial charge in [-0.15, -0.1) is 0 Å². The highest BCUT2D eigenvalue weighted by Crippen LogP contribution is 2.31. The largest absolute Gasteiger partial charge is 0.490 e. The van der Waals surface area contributed by atoms with Gasteiger partial charge in [-0.3, -0.25) is 4.79 Å². The van der Waals surface area contributed by atoms with Crippen LogP contribution in [0.25, 0.3) is 0 Å². The predicted molar refractivity (Wildman–Crippen MR) is 93.5 cm³/mol. The molecule has 25 heavy (non-hydrogen) atoms. The van der Waals surface area contributed by atoms with Gasteiger partial charge in [0.25, 0.3) is 0 Å². The van der Waals surface area contributed by atoms with E-state index >= 15 is 0 Å². The smallest absolute Gasteiger partial charge is 0.243 e. The van der Waals surface area contributed by atoms with Crippen LogP contribution < -0.4 is 14.8 Å². The minimum absolute atomic E-state index is 0.0339. The zero-order valence-corrected chi connectivity index (χ0v) is 15.9. The number of sulfonamides is 1. The van der Waals surface area contributed by atoms with Gasteiger partial charge >= 0.3 is 0 Å². The van der Waals surface area contributed by atoms with Gasteiger partial charge in [-0.05, 0) is 26.0 Å². The van der Waals surface area contributed by atoms with Crippen molar-refractivity contribution in [2.45, 2.75) is 18.7 Å². The van der Waals surface area contributed by atoms with Gasteiger partial charge in [-0.2, -0.15) is 4.31 Å². The number of amides is 1. The number of nitrogens with zero attached hydrogens (tertiary/aromatic N) is 1. The molecule has 1 aromatic rings. The summed E-state index contributed by atoms with van der Waals surface area (Å²) in [7, 11) is -0.964. The average molecular weight is 374 g/mol. The number of benzene rings is 1. The quantitative estimate of drug-likeness (QED) is 0.578. The van der Waals surface area contributed by atoms with Crippen molar-refractivity contribution >= 4 is 15.9 Å². The molecule has 0 aromatic heterocycles. The van der Waals surface area contributed by atoms with Crippen LogP contribution in [-0.2, 0) is 19.6 Å². The fourth-order valence-electron chi connectivity index (χ4n) is 2.01. The molecular formula is C16H26N2O6S. The van der Waals surface area contributed by atoms with E-state index in [0.29, 0.717) is 37.9 Å². The Morgan fingerprint density at radius 2 is 1.80 bits per heavy atom. The second-order valence-electron chi connectivity index (χ2n) is 5.08. The molecule has 142 valence electrons. The Morgan fingerprint density at radius 1 is 1.16 bits per heavy atom. The maximum absolute atomic E-state index is 12.6. The van der Waals surface area contributed by atoms with Crippen LogP contribution >= 0.6 is 0 Å². The van der Waals surface area contributed by atoms with E-state index in [0.717, 1.165) is 4.31 Å². The van der Waals surface area contributed by atoms with Crippen LogP contribution in [0.2, 0.25) is 0 Å². The molecule has 8 nitrogen and oxygen atoms in total. The summed E-state index contributed by atoms with van der Waals surface area (Å²) in [6.07, 6.45) is 0. The SMILES string of the molecule is CCOc1ccc(S(=O)(=O)N(C)CC(=O)NCCOC)cc1OCC. The molecule has 1 amide bonds. The maximum Gasteiger partial charge on any atom is 0.243 e. The van der Waals surface area contributed by atoms with Gasteiger partial charge in [-0.1, -0.05) is 0 Å². The third kappa shape index (κ3) is 6.18. The summed E-state index contributed by atoms with van der Waals surface area (Å²) in [5.41, 5.74) is 0. The monoisotopic (exact) mass is 374 g/mol. The molecule has 0 fully saturated rings. The molecule has 0 aliphatic rings. The van der Waals surface area contributed by atoms with Gasteiger partial charge in [-0.25, -0.2) is 8.42 Å². The van der Waals surface area contributed by atoms with Gasteiger partial charge in [0.15, 0.2) is 11.5 Å². The van der Waals surface area contributed by atoms with Gasteiger partial charge in [0.2, 0.25) is 15.9 Å². The molecular weight excluding hydrogens is 348 g/mol. The lowest BCUT2D eigenvalue weighted by molar-refractivity contribution is -0.121. The summed E-state index contributed by atoms with van der Waals surface area (Å²) < 4.78 is 42.0. The van der Waals surface area contributed by atoms with E-state index in [1.807, 2.05) is 6.92 Å². The van der Waals surface area contributed by atoms with Gasteiger partial charge < -0.3 is 19.5 Å². The normalized spacial score (nSPS) is 11.4. The van der Waals surface area contributed by atoms with Crippen LogP contribution in [0.3, 0.4) is 0 Å². The van der Waals surface area contributed by atoms with Crippen LogP contribution in [0.15, 0.2) is 23.1 Å². The summed E-state index contributed by atoms with van der Waals surface area (Å²) >= 11 is 0. The fourth-order valence-corrected chi connectivity index (χ4v) is 3.15. The zero-order chi connectivity index (χ0) is 18.9. The van der Waals surface area contributed by atoms with Crippen LogP contribution in [-0.4, -0.2) is 65.7 Å². The lowest BCUT2D eigenvalue weighted by Crippen LogP contribution is -2.39. The topological polar surface area (TPSA) is 94.2 Å². The molecule has 1 N–H and O–H groups in total. The molecule has 0 unspecified atom stereocenters. The van der Waals surface area contributed by atoms with Crippen molar-refractivity contribution in [1.82, 2.24) is 9.62 Å². The van der Waals surface area contributed by atoms with Crippen molar-refractivity contribution in [3.8, 4) is 11.5 Å². The second kappa shape index (κ2) is 10.2. The lowest BCUT2D eigenvalue weighted by atomic mass is 10.3. The first-order chi connectivity index (χ1) is 11.9. The number of ether oxygens (including phenoxy) is 3. The first-order valence-electron chi connectivity index (χ1n) is 7.98. The molecule has 0 spiro atoms. The first kappa shape index (κ1) is 21.2. The number of hydrogen-bond donors (Lipinski definition) is 1. The van der Waals surface area contributed by atoms with Crippen molar-refractivity contribution in [2.75, 3.05) is 47.1 Å². The highest BCUT2D eigenvalue weighted by atomic mass is 32.2. The minimum atomic E-state index is -3.83. The van der Waals surface area contributed by atoms with E-state index < -0.39 is 15.9 Å². The summed E-state index contributed by atoms with van der Waals surface area (Å²) in [6, 6.07) is 4.39. The van der Waals surface area contributed by atoms with E-state index in [4.69, 9.17) is 14.2 Å². The van der Waals surface area contributed by atoms with Crippen LogP contribution in [0.1, 0.15) is 13.8 Å². The molecule has 0 atom stereocenters. The standard InChI is InChI=1S/C16H26N2O6S/c1-5-23-14-8-7-13(11-15(14)24-6-2)25(20,21)18(3)12-16(19)17-9-10-22-4/h7-8,11H,5-6,9-10,12H2,1-4H3,(H,17,19). The summed E-state index contributed by atoms with van der Waals surface area (Å²) in [5, 5.41) is 2.58. The minimum Gasteiger partial charge on any atom is -0.490 e. The predicted octanol–water partition coefficient (Wildman–Crippen LogP) is 0.867. The van der Waals surface area contributed by atoms with E-state index in [1.54, 1.807) is 13.0 Å². The number of hydrogen-bond acceptors (Lipinski definition) is 6. The van der Waals surface area contributed by atoms with Crippen molar-refractivity contribution in [3.63, 3.8) is 0 Å². The molecule has 0 heterocycles. The van der Waals surface area contributed by atoms with Gasteiger partial charge in [0.05, 0.1) is 31.3 Å². The van der Waals surface area contributed by atoms with Gasteiger partial charge in [0.1, 0.15) is 0 Å². The fraction of sp³-hybridized carbons (Fsp3) is 0.562.